The summed E-state index contributed by atoms with van der Waals surface area (Å²) in [5.74, 6) is 1.28. The number of hydrogen-bond donors (Lipinski definition) is 1. The molecule has 1 N–H and O–H groups in total. The van der Waals surface area contributed by atoms with Crippen molar-refractivity contribution in [2.45, 2.75) is 13.2 Å². The van der Waals surface area contributed by atoms with Crippen molar-refractivity contribution >= 4 is 23.3 Å². The fraction of sp³-hybridized carbons (Fsp3) is 0.143. The highest BCUT2D eigenvalue weighted by atomic mass is 35.5. The Labute approximate surface area is 171 Å². The van der Waals surface area contributed by atoms with Crippen molar-refractivity contribution < 1.29 is 14.3 Å². The van der Waals surface area contributed by atoms with E-state index in [1.165, 1.54) is 0 Å². The van der Waals surface area contributed by atoms with Crippen LogP contribution in [0.3, 0.4) is 0 Å². The van der Waals surface area contributed by atoms with Gasteiger partial charge in [0.15, 0.2) is 11.5 Å². The molecule has 0 saturated heterocycles. The van der Waals surface area contributed by atoms with Crippen molar-refractivity contribution in [1.29, 1.82) is 0 Å². The van der Waals surface area contributed by atoms with E-state index in [9.17, 15) is 4.79 Å². The van der Waals surface area contributed by atoms with E-state index in [1.807, 2.05) is 30.3 Å². The minimum atomic E-state index is -0.466. The molecule has 0 bridgehead atoms. The van der Waals surface area contributed by atoms with Gasteiger partial charge in [-0.15, -0.1) is 0 Å². The number of ether oxygens (including phenoxy) is 2. The molecule has 1 aromatic heterocycles. The monoisotopic (exact) mass is 408 g/mol. The quantitative estimate of drug-likeness (QED) is 0.606. The summed E-state index contributed by atoms with van der Waals surface area (Å²) < 4.78 is 11.3. The number of fused-ring (bicyclic) bond motifs is 1. The number of carbonyl (C=O) groups excluding carboxylic acids is 1. The summed E-state index contributed by atoms with van der Waals surface area (Å²) >= 11 is 5.80. The van der Waals surface area contributed by atoms with E-state index in [2.05, 4.69) is 20.3 Å². The zero-order valence-electron chi connectivity index (χ0n) is 15.6. The van der Waals surface area contributed by atoms with Gasteiger partial charge >= 0.3 is 6.03 Å². The third-order valence-corrected chi connectivity index (χ3v) is 4.54. The lowest BCUT2D eigenvalue weighted by Gasteiger charge is -2.13. The van der Waals surface area contributed by atoms with Crippen LogP contribution < -0.4 is 25.5 Å². The number of aromatic nitrogens is 1. The zero-order valence-corrected chi connectivity index (χ0v) is 16.3. The molecular formula is C21H17ClN4O3. The Morgan fingerprint density at radius 1 is 0.966 bits per heavy atom. The van der Waals surface area contributed by atoms with Gasteiger partial charge in [-0.05, 0) is 42.0 Å². The van der Waals surface area contributed by atoms with Gasteiger partial charge in [-0.2, -0.15) is 9.98 Å². The minimum Gasteiger partial charge on any atom is -0.493 e. The molecule has 8 heteroatoms. The first kappa shape index (κ1) is 18.9. The van der Waals surface area contributed by atoms with Crippen LogP contribution in [0.1, 0.15) is 11.1 Å². The highest BCUT2D eigenvalue weighted by Gasteiger charge is 2.08. The Hall–Kier alpha value is -3.45. The van der Waals surface area contributed by atoms with Crippen LogP contribution in [-0.2, 0) is 13.2 Å². The fourth-order valence-electron chi connectivity index (χ4n) is 2.85. The van der Waals surface area contributed by atoms with Gasteiger partial charge < -0.3 is 14.8 Å². The van der Waals surface area contributed by atoms with Gasteiger partial charge in [0, 0.05) is 24.0 Å². The number of nitrogens with one attached hydrogen (secondary N) is 1. The molecule has 29 heavy (non-hydrogen) atoms. The van der Waals surface area contributed by atoms with Crippen LogP contribution in [0.2, 0.25) is 5.15 Å². The Balaban J connectivity index is 1.42. The molecule has 0 spiro atoms. The number of hydrogen-bond acceptors (Lipinski definition) is 5. The molecule has 0 saturated carbocycles. The van der Waals surface area contributed by atoms with Crippen LogP contribution in [0.5, 0.6) is 11.5 Å². The largest absolute Gasteiger partial charge is 0.493 e. The van der Waals surface area contributed by atoms with Gasteiger partial charge in [0.05, 0.1) is 17.8 Å². The normalized spacial score (nSPS) is 12.0. The summed E-state index contributed by atoms with van der Waals surface area (Å²) in [5.41, 5.74) is 2.78. The lowest BCUT2D eigenvalue weighted by atomic mass is 10.2. The highest BCUT2D eigenvalue weighted by Crippen LogP contribution is 2.29. The van der Waals surface area contributed by atoms with E-state index >= 15 is 0 Å². The van der Waals surface area contributed by atoms with Crippen LogP contribution in [0, 0.1) is 0 Å². The minimum absolute atomic E-state index is 0.362. The molecule has 4 rings (SSSR count). The first-order chi connectivity index (χ1) is 14.1. The predicted molar refractivity (Wildman–Crippen MR) is 108 cm³/mol. The molecule has 0 unspecified atom stereocenters. The molecule has 0 aliphatic carbocycles. The molecule has 0 atom stereocenters. The van der Waals surface area contributed by atoms with Crippen molar-refractivity contribution in [3.8, 4) is 11.5 Å². The molecule has 3 aromatic rings. The Kier molecular flexibility index (Phi) is 5.39. The molecule has 1 aliphatic heterocycles. The molecule has 0 fully saturated rings. The molecule has 7 nitrogen and oxygen atoms in total. The number of urea groups is 1. The maximum absolute atomic E-state index is 11.3. The van der Waals surface area contributed by atoms with E-state index in [0.29, 0.717) is 40.5 Å². The van der Waals surface area contributed by atoms with Crippen LogP contribution in [0.4, 0.5) is 10.5 Å². The average Bonchev–Trinajstić information content (AvgIpc) is 3.11. The molecule has 146 valence electrons. The number of amides is 2. The standard InChI is InChI=1S/C21H17ClN4O3/c1-28-19-8-13(2-6-18(19)29-12-14-3-7-20(22)24-11-14)10-23-15-4-5-16-17(9-15)26-21(27)25-16/h2-9,11,23H,10,12H2,1H3. The summed E-state index contributed by atoms with van der Waals surface area (Å²) in [4.78, 5) is 23.0. The van der Waals surface area contributed by atoms with Gasteiger partial charge in [-0.1, -0.05) is 23.7 Å². The highest BCUT2D eigenvalue weighted by molar-refractivity contribution is 6.29. The number of benzene rings is 2. The summed E-state index contributed by atoms with van der Waals surface area (Å²) in [6, 6.07) is 14.3. The second kappa shape index (κ2) is 8.28. The maximum atomic E-state index is 11.3. The average molecular weight is 409 g/mol. The third-order valence-electron chi connectivity index (χ3n) is 4.32. The van der Waals surface area contributed by atoms with Gasteiger partial charge in [0.2, 0.25) is 0 Å². The number of rotatable bonds is 7. The van der Waals surface area contributed by atoms with Crippen molar-refractivity contribution in [2.24, 2.45) is 9.98 Å². The van der Waals surface area contributed by atoms with Crippen molar-refractivity contribution in [2.75, 3.05) is 12.4 Å². The van der Waals surface area contributed by atoms with E-state index in [1.54, 1.807) is 31.5 Å². The number of methoxy groups -OCH3 is 1. The summed E-state index contributed by atoms with van der Waals surface area (Å²) in [6.45, 7) is 0.933. The first-order valence-corrected chi connectivity index (χ1v) is 9.24. The first-order valence-electron chi connectivity index (χ1n) is 8.86. The Morgan fingerprint density at radius 3 is 2.59 bits per heavy atom. The van der Waals surface area contributed by atoms with Gasteiger partial charge in [0.25, 0.3) is 0 Å². The number of nitrogens with zero attached hydrogens (tertiary/aromatic N) is 3. The zero-order chi connectivity index (χ0) is 20.2. The van der Waals surface area contributed by atoms with Gasteiger partial charge in [-0.3, -0.25) is 0 Å². The van der Waals surface area contributed by atoms with Crippen molar-refractivity contribution in [3.05, 3.63) is 81.7 Å². The number of carbonyl (C=O) groups is 1. The van der Waals surface area contributed by atoms with Gasteiger partial charge in [0.1, 0.15) is 11.8 Å². The van der Waals surface area contributed by atoms with E-state index in [0.717, 1.165) is 16.8 Å². The number of anilines is 1. The molecule has 2 aromatic carbocycles. The Bertz CT molecular complexity index is 1180. The second-order valence-electron chi connectivity index (χ2n) is 6.33. The van der Waals surface area contributed by atoms with E-state index in [4.69, 9.17) is 21.1 Å². The topological polar surface area (TPSA) is 85.2 Å². The molecule has 1 aliphatic rings. The summed E-state index contributed by atoms with van der Waals surface area (Å²) in [7, 11) is 1.60. The maximum Gasteiger partial charge on any atom is 0.368 e. The SMILES string of the molecule is COc1cc(CNc2ccc3c(c2)=NC(=O)N=3)ccc1OCc1ccc(Cl)nc1. The molecular weight excluding hydrogens is 392 g/mol. The number of halogens is 1. The third kappa shape index (κ3) is 4.52. The fourth-order valence-corrected chi connectivity index (χ4v) is 2.96. The summed E-state index contributed by atoms with van der Waals surface area (Å²) in [6.07, 6.45) is 1.68. The molecule has 2 amide bonds. The Morgan fingerprint density at radius 2 is 1.79 bits per heavy atom. The van der Waals surface area contributed by atoms with Crippen LogP contribution >= 0.6 is 11.6 Å². The number of pyridine rings is 1. The lowest BCUT2D eigenvalue weighted by Crippen LogP contribution is -2.21. The van der Waals surface area contributed by atoms with Crippen LogP contribution in [-0.4, -0.2) is 18.1 Å². The molecule has 2 heterocycles. The smallest absolute Gasteiger partial charge is 0.368 e. The molecule has 0 radical (unpaired) electrons. The van der Waals surface area contributed by atoms with E-state index in [-0.39, 0.29) is 0 Å². The summed E-state index contributed by atoms with van der Waals surface area (Å²) in [5, 5.41) is 4.93. The van der Waals surface area contributed by atoms with Crippen LogP contribution in [0.25, 0.3) is 0 Å². The van der Waals surface area contributed by atoms with Gasteiger partial charge in [-0.25, -0.2) is 9.78 Å². The second-order valence-corrected chi connectivity index (χ2v) is 6.71. The van der Waals surface area contributed by atoms with Crippen molar-refractivity contribution in [1.82, 2.24) is 4.98 Å². The van der Waals surface area contributed by atoms with Crippen LogP contribution in [0.15, 0.2) is 64.7 Å². The predicted octanol–water partition coefficient (Wildman–Crippen LogP) is 3.31. The lowest BCUT2D eigenvalue weighted by molar-refractivity contribution is 0.256. The van der Waals surface area contributed by atoms with E-state index < -0.39 is 6.03 Å². The van der Waals surface area contributed by atoms with Crippen molar-refractivity contribution in [3.63, 3.8) is 0 Å².